The smallest absolute Gasteiger partial charge is 0.257 e. The summed E-state index contributed by atoms with van der Waals surface area (Å²) in [6.45, 7) is 2.71. The van der Waals surface area contributed by atoms with Gasteiger partial charge in [0.2, 0.25) is 0 Å². The summed E-state index contributed by atoms with van der Waals surface area (Å²) in [7, 11) is 0. The second-order valence-electron chi connectivity index (χ2n) is 5.06. The predicted molar refractivity (Wildman–Crippen MR) is 68.4 cm³/mol. The number of amides is 1. The van der Waals surface area contributed by atoms with Crippen LogP contribution in [0.3, 0.4) is 0 Å². The van der Waals surface area contributed by atoms with Gasteiger partial charge < -0.3 is 15.1 Å². The maximum atomic E-state index is 13.2. The number of halogens is 1. The van der Waals surface area contributed by atoms with E-state index >= 15 is 0 Å². The van der Waals surface area contributed by atoms with E-state index in [4.69, 9.17) is 0 Å². The Hall–Kier alpha value is -1.62. The van der Waals surface area contributed by atoms with Gasteiger partial charge in [0, 0.05) is 19.0 Å². The quantitative estimate of drug-likeness (QED) is 0.858. The fraction of sp³-hybridized carbons (Fsp3) is 0.500. The van der Waals surface area contributed by atoms with E-state index in [0.717, 1.165) is 25.0 Å². The molecule has 1 aromatic rings. The van der Waals surface area contributed by atoms with E-state index in [2.05, 4.69) is 0 Å². The van der Waals surface area contributed by atoms with Gasteiger partial charge in [0.05, 0.1) is 11.7 Å². The molecule has 1 aromatic carbocycles. The summed E-state index contributed by atoms with van der Waals surface area (Å²) in [4.78, 5) is 13.8. The molecule has 0 saturated carbocycles. The van der Waals surface area contributed by atoms with Crippen LogP contribution in [0.2, 0.25) is 0 Å². The molecule has 19 heavy (non-hydrogen) atoms. The first-order valence-corrected chi connectivity index (χ1v) is 6.45. The van der Waals surface area contributed by atoms with Crippen molar-refractivity contribution in [3.8, 4) is 5.75 Å². The standard InChI is InChI=1S/C14H18FNO3/c1-9(17)10-3-2-6-16(8-10)14(19)12-7-11(15)4-5-13(12)18/h4-5,7,9-10,17-18H,2-3,6,8H2,1H3. The number of aliphatic hydroxyl groups is 1. The predicted octanol–water partition coefficient (Wildman–Crippen LogP) is 1.76. The van der Waals surface area contributed by atoms with Gasteiger partial charge in [0.1, 0.15) is 11.6 Å². The van der Waals surface area contributed by atoms with Gasteiger partial charge in [-0.1, -0.05) is 0 Å². The number of nitrogens with zero attached hydrogens (tertiary/aromatic N) is 1. The van der Waals surface area contributed by atoms with E-state index in [9.17, 15) is 19.4 Å². The molecule has 0 aliphatic carbocycles. The number of hydrogen-bond acceptors (Lipinski definition) is 3. The SMILES string of the molecule is CC(O)C1CCCN(C(=O)c2cc(F)ccc2O)C1. The van der Waals surface area contributed by atoms with Gasteiger partial charge in [0.25, 0.3) is 5.91 Å². The molecule has 2 unspecified atom stereocenters. The van der Waals surface area contributed by atoms with Crippen LogP contribution in [0.25, 0.3) is 0 Å². The molecule has 1 fully saturated rings. The number of hydrogen-bond donors (Lipinski definition) is 2. The van der Waals surface area contributed by atoms with Crippen molar-refractivity contribution >= 4 is 5.91 Å². The zero-order chi connectivity index (χ0) is 14.0. The van der Waals surface area contributed by atoms with Crippen molar-refractivity contribution in [2.75, 3.05) is 13.1 Å². The van der Waals surface area contributed by atoms with E-state index < -0.39 is 11.9 Å². The number of piperidine rings is 1. The van der Waals surface area contributed by atoms with E-state index in [1.54, 1.807) is 11.8 Å². The Balaban J connectivity index is 2.17. The van der Waals surface area contributed by atoms with Crippen LogP contribution in [0.15, 0.2) is 18.2 Å². The number of rotatable bonds is 2. The topological polar surface area (TPSA) is 60.8 Å². The van der Waals surface area contributed by atoms with Crippen molar-refractivity contribution < 1.29 is 19.4 Å². The Bertz CT molecular complexity index is 476. The van der Waals surface area contributed by atoms with Gasteiger partial charge in [-0.3, -0.25) is 4.79 Å². The first-order chi connectivity index (χ1) is 8.99. The Morgan fingerprint density at radius 1 is 1.53 bits per heavy atom. The van der Waals surface area contributed by atoms with Gasteiger partial charge in [-0.2, -0.15) is 0 Å². The summed E-state index contributed by atoms with van der Waals surface area (Å²) in [5, 5.41) is 19.2. The Kier molecular flexibility index (Phi) is 4.04. The Morgan fingerprint density at radius 2 is 2.26 bits per heavy atom. The van der Waals surface area contributed by atoms with Crippen LogP contribution in [0.1, 0.15) is 30.1 Å². The van der Waals surface area contributed by atoms with Gasteiger partial charge in [-0.25, -0.2) is 4.39 Å². The number of aromatic hydroxyl groups is 1. The lowest BCUT2D eigenvalue weighted by Crippen LogP contribution is -2.43. The zero-order valence-corrected chi connectivity index (χ0v) is 10.8. The molecular weight excluding hydrogens is 249 g/mol. The van der Waals surface area contributed by atoms with Crippen LogP contribution in [0.4, 0.5) is 4.39 Å². The van der Waals surface area contributed by atoms with Crippen molar-refractivity contribution in [2.45, 2.75) is 25.9 Å². The molecule has 0 bridgehead atoms. The molecule has 2 rings (SSSR count). The summed E-state index contributed by atoms with van der Waals surface area (Å²) in [6, 6.07) is 3.34. The molecule has 0 spiro atoms. The third kappa shape index (κ3) is 3.04. The van der Waals surface area contributed by atoms with E-state index in [-0.39, 0.29) is 23.1 Å². The van der Waals surface area contributed by atoms with Gasteiger partial charge >= 0.3 is 0 Å². The molecule has 2 atom stereocenters. The maximum absolute atomic E-state index is 13.2. The minimum absolute atomic E-state index is 0.0220. The number of phenolic OH excluding ortho intramolecular Hbond substituents is 1. The molecule has 4 nitrogen and oxygen atoms in total. The Labute approximate surface area is 111 Å². The van der Waals surface area contributed by atoms with Crippen molar-refractivity contribution in [3.63, 3.8) is 0 Å². The molecule has 1 amide bonds. The molecule has 104 valence electrons. The lowest BCUT2D eigenvalue weighted by molar-refractivity contribution is 0.0463. The molecule has 1 heterocycles. The largest absolute Gasteiger partial charge is 0.507 e. The minimum atomic E-state index is -0.551. The van der Waals surface area contributed by atoms with Gasteiger partial charge in [-0.05, 0) is 38.0 Å². The average molecular weight is 267 g/mol. The lowest BCUT2D eigenvalue weighted by Gasteiger charge is -2.34. The number of carbonyl (C=O) groups is 1. The maximum Gasteiger partial charge on any atom is 0.257 e. The highest BCUT2D eigenvalue weighted by Gasteiger charge is 2.28. The second-order valence-corrected chi connectivity index (χ2v) is 5.06. The van der Waals surface area contributed by atoms with Gasteiger partial charge in [0.15, 0.2) is 0 Å². The number of carbonyl (C=O) groups excluding carboxylic acids is 1. The van der Waals surface area contributed by atoms with Crippen LogP contribution in [0, 0.1) is 11.7 Å². The normalized spacial score (nSPS) is 21.2. The highest BCUT2D eigenvalue weighted by atomic mass is 19.1. The fourth-order valence-corrected chi connectivity index (χ4v) is 2.44. The highest BCUT2D eigenvalue weighted by Crippen LogP contribution is 2.24. The van der Waals surface area contributed by atoms with Crippen molar-refractivity contribution in [1.29, 1.82) is 0 Å². The summed E-state index contributed by atoms with van der Waals surface area (Å²) in [5.74, 6) is -1.12. The molecule has 5 heteroatoms. The van der Waals surface area contributed by atoms with E-state index in [0.29, 0.717) is 13.1 Å². The number of phenols is 1. The number of aliphatic hydroxyl groups excluding tert-OH is 1. The molecule has 2 N–H and O–H groups in total. The summed E-state index contributed by atoms with van der Waals surface area (Å²) in [6.07, 6.45) is 1.20. The van der Waals surface area contributed by atoms with Crippen LogP contribution < -0.4 is 0 Å². The molecular formula is C14H18FNO3. The first kappa shape index (κ1) is 13.8. The van der Waals surface area contributed by atoms with Crippen molar-refractivity contribution in [3.05, 3.63) is 29.6 Å². The molecule has 1 saturated heterocycles. The monoisotopic (exact) mass is 267 g/mol. The lowest BCUT2D eigenvalue weighted by atomic mass is 9.93. The molecule has 1 aliphatic heterocycles. The zero-order valence-electron chi connectivity index (χ0n) is 10.8. The van der Waals surface area contributed by atoms with Gasteiger partial charge in [-0.15, -0.1) is 0 Å². The number of likely N-dealkylation sites (tertiary alicyclic amines) is 1. The second kappa shape index (κ2) is 5.57. The molecule has 1 aliphatic rings. The van der Waals surface area contributed by atoms with Crippen molar-refractivity contribution in [2.24, 2.45) is 5.92 Å². The molecule has 0 radical (unpaired) electrons. The van der Waals surface area contributed by atoms with Crippen LogP contribution >= 0.6 is 0 Å². The average Bonchev–Trinajstić information content (AvgIpc) is 2.41. The van der Waals surface area contributed by atoms with E-state index in [1.165, 1.54) is 6.07 Å². The third-order valence-electron chi connectivity index (χ3n) is 3.62. The van der Waals surface area contributed by atoms with Crippen molar-refractivity contribution in [1.82, 2.24) is 4.90 Å². The summed E-state index contributed by atoms with van der Waals surface area (Å²) in [5.41, 5.74) is -0.0220. The number of benzene rings is 1. The fourth-order valence-electron chi connectivity index (χ4n) is 2.44. The Morgan fingerprint density at radius 3 is 2.95 bits per heavy atom. The van der Waals surface area contributed by atoms with Crippen LogP contribution in [-0.2, 0) is 0 Å². The van der Waals surface area contributed by atoms with Crippen LogP contribution in [0.5, 0.6) is 5.75 Å². The first-order valence-electron chi connectivity index (χ1n) is 6.45. The van der Waals surface area contributed by atoms with Crippen LogP contribution in [-0.4, -0.2) is 40.2 Å². The summed E-state index contributed by atoms with van der Waals surface area (Å²) >= 11 is 0. The minimum Gasteiger partial charge on any atom is -0.507 e. The highest BCUT2D eigenvalue weighted by molar-refractivity contribution is 5.96. The van der Waals surface area contributed by atoms with E-state index in [1.807, 2.05) is 0 Å². The third-order valence-corrected chi connectivity index (χ3v) is 3.62. The molecule has 0 aromatic heterocycles. The summed E-state index contributed by atoms with van der Waals surface area (Å²) < 4.78 is 13.2.